The van der Waals surface area contributed by atoms with Crippen LogP contribution in [-0.4, -0.2) is 36.3 Å². The van der Waals surface area contributed by atoms with Gasteiger partial charge >= 0.3 is 0 Å². The first kappa shape index (κ1) is 14.8. The molecular formula is C18H19N3O3. The van der Waals surface area contributed by atoms with Gasteiger partial charge < -0.3 is 14.8 Å². The molecule has 1 aromatic carbocycles. The van der Waals surface area contributed by atoms with Gasteiger partial charge in [0.1, 0.15) is 11.5 Å². The van der Waals surface area contributed by atoms with Crippen molar-refractivity contribution in [3.63, 3.8) is 0 Å². The van der Waals surface area contributed by atoms with Gasteiger partial charge in [0.15, 0.2) is 17.3 Å². The summed E-state index contributed by atoms with van der Waals surface area (Å²) in [6.07, 6.45) is 4.01. The fraction of sp³-hybridized carbons (Fsp3) is 0.333. The molecule has 0 spiro atoms. The van der Waals surface area contributed by atoms with Crippen molar-refractivity contribution >= 4 is 17.3 Å². The zero-order valence-electron chi connectivity index (χ0n) is 13.7. The lowest BCUT2D eigenvalue weighted by Crippen LogP contribution is -2.15. The summed E-state index contributed by atoms with van der Waals surface area (Å²) in [7, 11) is 3.23. The normalized spacial score (nSPS) is 16.0. The van der Waals surface area contributed by atoms with Gasteiger partial charge in [-0.05, 0) is 37.1 Å². The third-order valence-corrected chi connectivity index (χ3v) is 4.40. The van der Waals surface area contributed by atoms with Crippen molar-refractivity contribution in [2.24, 2.45) is 5.92 Å². The van der Waals surface area contributed by atoms with Gasteiger partial charge in [-0.25, -0.2) is 4.68 Å². The van der Waals surface area contributed by atoms with Crippen LogP contribution < -0.4 is 14.8 Å². The van der Waals surface area contributed by atoms with Crippen LogP contribution in [-0.2, 0) is 0 Å². The van der Waals surface area contributed by atoms with Crippen molar-refractivity contribution in [2.45, 2.75) is 12.8 Å². The molecule has 1 N–H and O–H groups in total. The minimum atomic E-state index is 0.144. The van der Waals surface area contributed by atoms with Gasteiger partial charge in [-0.2, -0.15) is 5.10 Å². The molecule has 0 saturated heterocycles. The van der Waals surface area contributed by atoms with Gasteiger partial charge in [0.25, 0.3) is 0 Å². The van der Waals surface area contributed by atoms with E-state index in [0.717, 1.165) is 29.9 Å². The van der Waals surface area contributed by atoms with E-state index in [-0.39, 0.29) is 11.7 Å². The third-order valence-electron chi connectivity index (χ3n) is 4.40. The Morgan fingerprint density at radius 3 is 2.71 bits per heavy atom. The third kappa shape index (κ3) is 2.44. The molecule has 0 atom stereocenters. The zero-order valence-corrected chi connectivity index (χ0v) is 13.7. The van der Waals surface area contributed by atoms with Gasteiger partial charge in [0, 0.05) is 24.1 Å². The minimum Gasteiger partial charge on any atom is -0.493 e. The molecule has 2 aromatic rings. The van der Waals surface area contributed by atoms with Crippen molar-refractivity contribution in [1.29, 1.82) is 0 Å². The molecule has 0 unspecified atom stereocenters. The Balaban J connectivity index is 1.72. The van der Waals surface area contributed by atoms with Crippen LogP contribution in [0.4, 0.5) is 5.82 Å². The maximum atomic E-state index is 12.3. The second-order valence-electron chi connectivity index (χ2n) is 6.01. The number of rotatable bonds is 5. The monoisotopic (exact) mass is 325 g/mol. The molecule has 24 heavy (non-hydrogen) atoms. The predicted octanol–water partition coefficient (Wildman–Crippen LogP) is 2.81. The van der Waals surface area contributed by atoms with Gasteiger partial charge in [0.05, 0.1) is 19.9 Å². The smallest absolute Gasteiger partial charge is 0.186 e. The van der Waals surface area contributed by atoms with Crippen LogP contribution in [0.1, 0.15) is 28.9 Å². The first-order chi connectivity index (χ1) is 11.7. The number of methoxy groups -OCH3 is 2. The Morgan fingerprint density at radius 2 is 2.00 bits per heavy atom. The van der Waals surface area contributed by atoms with E-state index in [0.29, 0.717) is 23.7 Å². The molecular weight excluding hydrogens is 306 g/mol. The Kier molecular flexibility index (Phi) is 3.52. The standard InChI is InChI=1S/C18H19N3O3/c1-23-15-6-5-12(9-16(15)24-2)14-7-8-19-17-10-13(20-21(14)17)18(22)11-3-4-11/h5-7,9-11,19H,3-4,8H2,1-2H3. The van der Waals surface area contributed by atoms with Crippen molar-refractivity contribution in [2.75, 3.05) is 26.1 Å². The molecule has 6 heteroatoms. The number of nitrogens with one attached hydrogen (secondary N) is 1. The summed E-state index contributed by atoms with van der Waals surface area (Å²) in [6.45, 7) is 0.687. The number of hydrogen-bond donors (Lipinski definition) is 1. The number of fused-ring (bicyclic) bond motifs is 1. The largest absolute Gasteiger partial charge is 0.493 e. The number of Topliss-reactive ketones (excluding diaryl/α,β-unsaturated/α-hetero) is 1. The highest BCUT2D eigenvalue weighted by atomic mass is 16.5. The minimum absolute atomic E-state index is 0.144. The highest BCUT2D eigenvalue weighted by molar-refractivity contribution is 5.98. The Bertz CT molecular complexity index is 834. The lowest BCUT2D eigenvalue weighted by Gasteiger charge is -2.18. The molecule has 124 valence electrons. The molecule has 2 heterocycles. The van der Waals surface area contributed by atoms with Gasteiger partial charge in [-0.3, -0.25) is 4.79 Å². The molecule has 1 fully saturated rings. The fourth-order valence-corrected chi connectivity index (χ4v) is 2.94. The first-order valence-electron chi connectivity index (χ1n) is 8.02. The van der Waals surface area contributed by atoms with Crippen molar-refractivity contribution < 1.29 is 14.3 Å². The number of ether oxygens (including phenoxy) is 2. The number of hydrogen-bond acceptors (Lipinski definition) is 5. The Hall–Kier alpha value is -2.76. The van der Waals surface area contributed by atoms with Crippen LogP contribution in [0.2, 0.25) is 0 Å². The summed E-state index contributed by atoms with van der Waals surface area (Å²) < 4.78 is 12.5. The number of anilines is 1. The van der Waals surface area contributed by atoms with Crippen LogP contribution in [0.15, 0.2) is 30.3 Å². The first-order valence-corrected chi connectivity index (χ1v) is 8.02. The summed E-state index contributed by atoms with van der Waals surface area (Å²) in [5.41, 5.74) is 2.43. The van der Waals surface area contributed by atoms with E-state index in [4.69, 9.17) is 9.47 Å². The summed E-state index contributed by atoms with van der Waals surface area (Å²) in [6, 6.07) is 7.60. The van der Waals surface area contributed by atoms with E-state index in [9.17, 15) is 4.79 Å². The molecule has 2 aliphatic rings. The van der Waals surface area contributed by atoms with E-state index in [1.807, 2.05) is 30.3 Å². The summed E-state index contributed by atoms with van der Waals surface area (Å²) in [4.78, 5) is 12.3. The van der Waals surface area contributed by atoms with Crippen molar-refractivity contribution in [3.8, 4) is 11.5 Å². The second-order valence-corrected chi connectivity index (χ2v) is 6.01. The molecule has 1 aromatic heterocycles. The molecule has 1 saturated carbocycles. The van der Waals surface area contributed by atoms with Crippen LogP contribution in [0.5, 0.6) is 11.5 Å². The molecule has 4 rings (SSSR count). The molecule has 1 aliphatic carbocycles. The Morgan fingerprint density at radius 1 is 1.21 bits per heavy atom. The molecule has 6 nitrogen and oxygen atoms in total. The number of nitrogens with zero attached hydrogens (tertiary/aromatic N) is 2. The zero-order chi connectivity index (χ0) is 16.7. The number of carbonyl (C=O) groups is 1. The lowest BCUT2D eigenvalue weighted by atomic mass is 10.1. The Labute approximate surface area is 140 Å². The number of carbonyl (C=O) groups excluding carboxylic acids is 1. The lowest BCUT2D eigenvalue weighted by molar-refractivity contribution is 0.0962. The van der Waals surface area contributed by atoms with Crippen molar-refractivity contribution in [3.05, 3.63) is 41.6 Å². The average molecular weight is 325 g/mol. The summed E-state index contributed by atoms with van der Waals surface area (Å²) >= 11 is 0. The molecule has 0 amide bonds. The number of ketones is 1. The van der Waals surface area contributed by atoms with E-state index >= 15 is 0 Å². The van der Waals surface area contributed by atoms with E-state index in [1.165, 1.54) is 0 Å². The van der Waals surface area contributed by atoms with E-state index in [1.54, 1.807) is 18.9 Å². The quantitative estimate of drug-likeness (QED) is 0.856. The summed E-state index contributed by atoms with van der Waals surface area (Å²) in [5.74, 6) is 2.49. The SMILES string of the molecule is COc1ccc(C2=CCNc3cc(C(=O)C4CC4)nn32)cc1OC. The van der Waals surface area contributed by atoms with Crippen LogP contribution in [0.3, 0.4) is 0 Å². The highest BCUT2D eigenvalue weighted by Gasteiger charge is 2.33. The maximum Gasteiger partial charge on any atom is 0.186 e. The second kappa shape index (κ2) is 5.70. The average Bonchev–Trinajstić information content (AvgIpc) is 3.38. The van der Waals surface area contributed by atoms with E-state index in [2.05, 4.69) is 10.4 Å². The molecule has 0 radical (unpaired) electrons. The number of benzene rings is 1. The fourth-order valence-electron chi connectivity index (χ4n) is 2.94. The molecule has 1 aliphatic heterocycles. The topological polar surface area (TPSA) is 65.4 Å². The molecule has 0 bridgehead atoms. The predicted molar refractivity (Wildman–Crippen MR) is 90.7 cm³/mol. The van der Waals surface area contributed by atoms with Crippen LogP contribution in [0.25, 0.3) is 5.70 Å². The van der Waals surface area contributed by atoms with E-state index < -0.39 is 0 Å². The highest BCUT2D eigenvalue weighted by Crippen LogP contribution is 2.35. The maximum absolute atomic E-state index is 12.3. The van der Waals surface area contributed by atoms with Gasteiger partial charge in [-0.1, -0.05) is 0 Å². The van der Waals surface area contributed by atoms with Gasteiger partial charge in [0.2, 0.25) is 0 Å². The van der Waals surface area contributed by atoms with Crippen molar-refractivity contribution in [1.82, 2.24) is 9.78 Å². The van der Waals surface area contributed by atoms with Crippen LogP contribution >= 0.6 is 0 Å². The van der Waals surface area contributed by atoms with Crippen LogP contribution in [0, 0.1) is 5.92 Å². The summed E-state index contributed by atoms with van der Waals surface area (Å²) in [5, 5.41) is 7.80. The van der Waals surface area contributed by atoms with Gasteiger partial charge in [-0.15, -0.1) is 0 Å². The number of aromatic nitrogens is 2.